The van der Waals surface area contributed by atoms with Crippen molar-refractivity contribution < 1.29 is 10.2 Å². The predicted molar refractivity (Wildman–Crippen MR) is 82.9 cm³/mol. The lowest BCUT2D eigenvalue weighted by Gasteiger charge is -2.33. The van der Waals surface area contributed by atoms with Gasteiger partial charge in [0.2, 0.25) is 0 Å². The number of aryl methyl sites for hydroxylation is 1. The molecule has 0 bridgehead atoms. The highest BCUT2D eigenvalue weighted by Crippen LogP contribution is 2.35. The second-order valence-corrected chi connectivity index (χ2v) is 5.55. The first-order valence-corrected chi connectivity index (χ1v) is 7.59. The van der Waals surface area contributed by atoms with Crippen molar-refractivity contribution >= 4 is 11.4 Å². The third-order valence-corrected chi connectivity index (χ3v) is 4.35. The molecule has 4 heteroatoms. The zero-order chi connectivity index (χ0) is 14.5. The minimum absolute atomic E-state index is 0.211. The lowest BCUT2D eigenvalue weighted by Crippen LogP contribution is -2.37. The number of aliphatic hydroxyl groups is 2. The van der Waals surface area contributed by atoms with Crippen LogP contribution in [0.1, 0.15) is 38.2 Å². The van der Waals surface area contributed by atoms with Crippen LogP contribution in [0.25, 0.3) is 0 Å². The summed E-state index contributed by atoms with van der Waals surface area (Å²) in [6.07, 6.45) is 4.65. The summed E-state index contributed by atoms with van der Waals surface area (Å²) in [6, 6.07) is 6.93. The normalized spacial score (nSPS) is 22.4. The number of nitrogens with two attached hydrogens (primary N) is 1. The van der Waals surface area contributed by atoms with Crippen molar-refractivity contribution in [2.24, 2.45) is 0 Å². The fraction of sp³-hybridized carbons (Fsp3) is 0.625. The maximum atomic E-state index is 9.26. The highest BCUT2D eigenvalue weighted by Gasteiger charge is 2.32. The molecule has 0 radical (unpaired) electrons. The summed E-state index contributed by atoms with van der Waals surface area (Å²) in [5, 5.41) is 18.5. The number of benzene rings is 1. The van der Waals surface area contributed by atoms with Gasteiger partial charge < -0.3 is 20.8 Å². The molecule has 1 aliphatic rings. The molecule has 1 aromatic rings. The van der Waals surface area contributed by atoms with Crippen LogP contribution in [0, 0.1) is 0 Å². The van der Waals surface area contributed by atoms with Crippen LogP contribution in [0.5, 0.6) is 0 Å². The minimum atomic E-state index is 0.211. The first kappa shape index (κ1) is 15.1. The molecule has 0 spiro atoms. The molecule has 0 amide bonds. The molecule has 4 N–H and O–H groups in total. The van der Waals surface area contributed by atoms with Crippen LogP contribution in [0.2, 0.25) is 0 Å². The van der Waals surface area contributed by atoms with E-state index in [4.69, 9.17) is 5.73 Å². The van der Waals surface area contributed by atoms with E-state index >= 15 is 0 Å². The highest BCUT2D eigenvalue weighted by molar-refractivity contribution is 5.60. The van der Waals surface area contributed by atoms with Crippen LogP contribution >= 0.6 is 0 Å². The molecule has 2 atom stereocenters. The zero-order valence-electron chi connectivity index (χ0n) is 12.3. The first-order valence-electron chi connectivity index (χ1n) is 7.59. The SMILES string of the molecule is CCc1cc(N2C(CCO)CCC2CCO)ccc1N. The van der Waals surface area contributed by atoms with Crippen molar-refractivity contribution in [2.45, 2.75) is 51.1 Å². The molecule has 2 rings (SSSR count). The Bertz CT molecular complexity index is 422. The summed E-state index contributed by atoms with van der Waals surface area (Å²) >= 11 is 0. The van der Waals surface area contributed by atoms with Gasteiger partial charge >= 0.3 is 0 Å². The third-order valence-electron chi connectivity index (χ3n) is 4.35. The van der Waals surface area contributed by atoms with Gasteiger partial charge in [-0.25, -0.2) is 0 Å². The lowest BCUT2D eigenvalue weighted by atomic mass is 10.1. The number of hydrogen-bond donors (Lipinski definition) is 3. The van der Waals surface area contributed by atoms with E-state index in [1.54, 1.807) is 0 Å². The molecule has 1 fully saturated rings. The number of anilines is 2. The number of nitrogen functional groups attached to an aromatic ring is 1. The molecular weight excluding hydrogens is 252 g/mol. The van der Waals surface area contributed by atoms with E-state index in [1.807, 2.05) is 6.07 Å². The second kappa shape index (κ2) is 6.95. The van der Waals surface area contributed by atoms with Crippen LogP contribution in [-0.4, -0.2) is 35.5 Å². The van der Waals surface area contributed by atoms with Gasteiger partial charge in [-0.3, -0.25) is 0 Å². The average molecular weight is 278 g/mol. The Balaban J connectivity index is 2.28. The maximum Gasteiger partial charge on any atom is 0.0450 e. The van der Waals surface area contributed by atoms with E-state index in [0.29, 0.717) is 12.1 Å². The van der Waals surface area contributed by atoms with E-state index in [0.717, 1.165) is 37.8 Å². The van der Waals surface area contributed by atoms with E-state index in [-0.39, 0.29) is 13.2 Å². The van der Waals surface area contributed by atoms with E-state index in [2.05, 4.69) is 24.0 Å². The molecule has 0 saturated carbocycles. The van der Waals surface area contributed by atoms with Crippen LogP contribution in [0.15, 0.2) is 18.2 Å². The van der Waals surface area contributed by atoms with Crippen LogP contribution in [0.4, 0.5) is 11.4 Å². The van der Waals surface area contributed by atoms with Gasteiger partial charge in [0.15, 0.2) is 0 Å². The fourth-order valence-electron chi connectivity index (χ4n) is 3.31. The Morgan fingerprint density at radius 3 is 2.25 bits per heavy atom. The van der Waals surface area contributed by atoms with Crippen LogP contribution < -0.4 is 10.6 Å². The van der Waals surface area contributed by atoms with Gasteiger partial charge in [-0.15, -0.1) is 0 Å². The van der Waals surface area contributed by atoms with Gasteiger partial charge in [-0.2, -0.15) is 0 Å². The summed E-state index contributed by atoms with van der Waals surface area (Å²) in [5.74, 6) is 0. The largest absolute Gasteiger partial charge is 0.399 e. The molecule has 20 heavy (non-hydrogen) atoms. The summed E-state index contributed by atoms with van der Waals surface area (Å²) in [5.41, 5.74) is 9.17. The monoisotopic (exact) mass is 278 g/mol. The van der Waals surface area contributed by atoms with Gasteiger partial charge in [-0.1, -0.05) is 6.92 Å². The number of hydrogen-bond acceptors (Lipinski definition) is 4. The summed E-state index contributed by atoms with van der Waals surface area (Å²) < 4.78 is 0. The second-order valence-electron chi connectivity index (χ2n) is 5.55. The van der Waals surface area contributed by atoms with Gasteiger partial charge in [0, 0.05) is 36.7 Å². The summed E-state index contributed by atoms with van der Waals surface area (Å²) in [6.45, 7) is 2.53. The summed E-state index contributed by atoms with van der Waals surface area (Å²) in [7, 11) is 0. The predicted octanol–water partition coefficient (Wildman–Crippen LogP) is 1.93. The number of nitrogens with zero attached hydrogens (tertiary/aromatic N) is 1. The molecule has 2 unspecified atom stereocenters. The average Bonchev–Trinajstić information content (AvgIpc) is 2.83. The highest BCUT2D eigenvalue weighted by atomic mass is 16.3. The van der Waals surface area contributed by atoms with E-state index in [1.165, 1.54) is 11.3 Å². The maximum absolute atomic E-state index is 9.26. The molecule has 1 saturated heterocycles. The molecule has 112 valence electrons. The standard InChI is InChI=1S/C16H26N2O2/c1-2-12-11-15(5-6-16(12)17)18-13(7-9-19)3-4-14(18)8-10-20/h5-6,11,13-14,19-20H,2-4,7-10,17H2,1H3. The molecular formula is C16H26N2O2. The molecule has 1 aliphatic heterocycles. The van der Waals surface area contributed by atoms with Crippen molar-refractivity contribution in [3.05, 3.63) is 23.8 Å². The Labute approximate surface area is 121 Å². The van der Waals surface area contributed by atoms with E-state index in [9.17, 15) is 10.2 Å². The Kier molecular flexibility index (Phi) is 5.26. The van der Waals surface area contributed by atoms with Crippen molar-refractivity contribution in [3.63, 3.8) is 0 Å². The molecule has 0 aliphatic carbocycles. The van der Waals surface area contributed by atoms with Crippen molar-refractivity contribution in [2.75, 3.05) is 23.8 Å². The minimum Gasteiger partial charge on any atom is -0.399 e. The smallest absolute Gasteiger partial charge is 0.0450 e. The van der Waals surface area contributed by atoms with Gasteiger partial charge in [-0.05, 0) is 55.9 Å². The topological polar surface area (TPSA) is 69.7 Å². The zero-order valence-corrected chi connectivity index (χ0v) is 12.3. The van der Waals surface area contributed by atoms with Crippen molar-refractivity contribution in [3.8, 4) is 0 Å². The van der Waals surface area contributed by atoms with Gasteiger partial charge in [0.25, 0.3) is 0 Å². The number of aliphatic hydroxyl groups excluding tert-OH is 2. The van der Waals surface area contributed by atoms with Gasteiger partial charge in [0.1, 0.15) is 0 Å². The van der Waals surface area contributed by atoms with Gasteiger partial charge in [0.05, 0.1) is 0 Å². The van der Waals surface area contributed by atoms with Crippen molar-refractivity contribution in [1.29, 1.82) is 0 Å². The molecule has 0 aromatic heterocycles. The number of rotatable bonds is 6. The molecule has 4 nitrogen and oxygen atoms in total. The Morgan fingerprint density at radius 1 is 1.15 bits per heavy atom. The Morgan fingerprint density at radius 2 is 1.75 bits per heavy atom. The fourth-order valence-corrected chi connectivity index (χ4v) is 3.31. The van der Waals surface area contributed by atoms with Crippen LogP contribution in [0.3, 0.4) is 0 Å². The first-order chi connectivity index (χ1) is 9.71. The molecule has 1 heterocycles. The lowest BCUT2D eigenvalue weighted by molar-refractivity contribution is 0.268. The van der Waals surface area contributed by atoms with Crippen LogP contribution in [-0.2, 0) is 6.42 Å². The Hall–Kier alpha value is -1.26. The summed E-state index contributed by atoms with van der Waals surface area (Å²) in [4.78, 5) is 2.38. The van der Waals surface area contributed by atoms with Crippen molar-refractivity contribution in [1.82, 2.24) is 0 Å². The quantitative estimate of drug-likeness (QED) is 0.696. The third kappa shape index (κ3) is 3.07. The van der Waals surface area contributed by atoms with E-state index < -0.39 is 0 Å². The molecule has 1 aromatic carbocycles.